The van der Waals surface area contributed by atoms with Gasteiger partial charge in [0.05, 0.1) is 15.8 Å². The van der Waals surface area contributed by atoms with E-state index in [1.807, 2.05) is 18.2 Å². The molecule has 4 N–H and O–H groups in total. The minimum Gasteiger partial charge on any atom is -0.451 e. The van der Waals surface area contributed by atoms with Gasteiger partial charge in [-0.3, -0.25) is 9.59 Å². The average molecular weight is 610 g/mol. The molecular weight excluding hydrogens is 576 g/mol. The van der Waals surface area contributed by atoms with E-state index >= 15 is 0 Å². The molecule has 12 heteroatoms. The number of nitriles is 1. The van der Waals surface area contributed by atoms with E-state index in [0.29, 0.717) is 41.5 Å². The molecular formula is C31H33F2N5O4S. The summed E-state index contributed by atoms with van der Waals surface area (Å²) in [5.74, 6) is -4.33. The SMILES string of the molecule is N#CC1(NC(=O)C2(NC(=O)c3cc4ccc(-c5ccc(S(=N)(=O)C6CCNCC6)cc5)cc4o3)CCC(F)(F)CC2)CC1. The maximum Gasteiger partial charge on any atom is 0.287 e. The maximum absolute atomic E-state index is 14.0. The number of fused-ring (bicyclic) bond motifs is 1. The first kappa shape index (κ1) is 29.3. The number of rotatable bonds is 7. The highest BCUT2D eigenvalue weighted by molar-refractivity contribution is 7.93. The highest BCUT2D eigenvalue weighted by atomic mass is 32.2. The van der Waals surface area contributed by atoms with Crippen molar-refractivity contribution in [2.24, 2.45) is 0 Å². The first-order valence-corrected chi connectivity index (χ1v) is 16.1. The summed E-state index contributed by atoms with van der Waals surface area (Å²) in [7, 11) is -2.93. The predicted octanol–water partition coefficient (Wildman–Crippen LogP) is 5.11. The fourth-order valence-corrected chi connectivity index (χ4v) is 7.77. The molecule has 0 bridgehead atoms. The van der Waals surface area contributed by atoms with Gasteiger partial charge in [-0.2, -0.15) is 5.26 Å². The van der Waals surface area contributed by atoms with Crippen molar-refractivity contribution >= 4 is 32.5 Å². The van der Waals surface area contributed by atoms with E-state index in [9.17, 15) is 27.8 Å². The number of hydrogen-bond donors (Lipinski definition) is 4. The molecule has 43 heavy (non-hydrogen) atoms. The fraction of sp³-hybridized carbons (Fsp3) is 0.452. The van der Waals surface area contributed by atoms with Gasteiger partial charge in [-0.1, -0.05) is 24.3 Å². The van der Waals surface area contributed by atoms with Gasteiger partial charge in [0.1, 0.15) is 16.7 Å². The predicted molar refractivity (Wildman–Crippen MR) is 156 cm³/mol. The first-order chi connectivity index (χ1) is 20.4. The lowest BCUT2D eigenvalue weighted by Gasteiger charge is -2.39. The van der Waals surface area contributed by atoms with Crippen molar-refractivity contribution in [2.75, 3.05) is 13.1 Å². The van der Waals surface area contributed by atoms with Gasteiger partial charge < -0.3 is 20.4 Å². The zero-order valence-electron chi connectivity index (χ0n) is 23.5. The summed E-state index contributed by atoms with van der Waals surface area (Å²) in [5, 5.41) is 18.5. The summed E-state index contributed by atoms with van der Waals surface area (Å²) in [6, 6.07) is 16.1. The zero-order valence-corrected chi connectivity index (χ0v) is 24.3. The van der Waals surface area contributed by atoms with Crippen molar-refractivity contribution in [1.82, 2.24) is 16.0 Å². The van der Waals surface area contributed by atoms with Crippen molar-refractivity contribution in [2.45, 2.75) is 78.5 Å². The summed E-state index contributed by atoms with van der Waals surface area (Å²) in [4.78, 5) is 27.1. The normalized spacial score (nSPS) is 22.2. The van der Waals surface area contributed by atoms with Crippen molar-refractivity contribution in [3.8, 4) is 17.2 Å². The van der Waals surface area contributed by atoms with E-state index in [0.717, 1.165) is 24.2 Å². The van der Waals surface area contributed by atoms with E-state index in [1.54, 1.807) is 24.3 Å². The van der Waals surface area contributed by atoms with Crippen molar-refractivity contribution < 1.29 is 27.0 Å². The number of piperidine rings is 1. The lowest BCUT2D eigenvalue weighted by atomic mass is 9.78. The zero-order chi connectivity index (χ0) is 30.5. The van der Waals surface area contributed by atoms with Crippen molar-refractivity contribution in [3.05, 3.63) is 54.3 Å². The fourth-order valence-electron chi connectivity index (χ4n) is 5.95. The Morgan fingerprint density at radius 2 is 1.60 bits per heavy atom. The number of carbonyl (C=O) groups is 2. The molecule has 1 aromatic heterocycles. The number of halogens is 2. The van der Waals surface area contributed by atoms with Gasteiger partial charge in [0.25, 0.3) is 5.91 Å². The Morgan fingerprint density at radius 3 is 2.23 bits per heavy atom. The van der Waals surface area contributed by atoms with Crippen LogP contribution in [0.15, 0.2) is 57.8 Å². The number of hydrogen-bond acceptors (Lipinski definition) is 7. The van der Waals surface area contributed by atoms with Crippen LogP contribution in [0.25, 0.3) is 22.1 Å². The van der Waals surface area contributed by atoms with E-state index in [4.69, 9.17) is 9.20 Å². The lowest BCUT2D eigenvalue weighted by Crippen LogP contribution is -2.62. The maximum atomic E-state index is 14.0. The smallest absolute Gasteiger partial charge is 0.287 e. The summed E-state index contributed by atoms with van der Waals surface area (Å²) in [5.41, 5.74) is -0.565. The van der Waals surface area contributed by atoms with E-state index in [1.165, 1.54) is 6.07 Å². The minimum absolute atomic E-state index is 0.0654. The van der Waals surface area contributed by atoms with Crippen LogP contribution in [0.1, 0.15) is 61.9 Å². The van der Waals surface area contributed by atoms with Crippen molar-refractivity contribution in [1.29, 1.82) is 10.0 Å². The third-order valence-electron chi connectivity index (χ3n) is 8.98. The molecule has 2 amide bonds. The summed E-state index contributed by atoms with van der Waals surface area (Å²) >= 11 is 0. The van der Waals surface area contributed by atoms with Crippen molar-refractivity contribution in [3.63, 3.8) is 0 Å². The summed E-state index contributed by atoms with van der Waals surface area (Å²) in [6.07, 6.45) is 0.714. The van der Waals surface area contributed by atoms with Gasteiger partial charge in [0.2, 0.25) is 11.8 Å². The molecule has 2 heterocycles. The van der Waals surface area contributed by atoms with E-state index in [2.05, 4.69) is 22.0 Å². The van der Waals surface area contributed by atoms with Gasteiger partial charge in [-0.25, -0.2) is 17.8 Å². The van der Waals surface area contributed by atoms with E-state index < -0.39 is 51.4 Å². The summed E-state index contributed by atoms with van der Waals surface area (Å²) in [6.45, 7) is 1.52. The number of benzene rings is 2. The third kappa shape index (κ3) is 5.76. The van der Waals surface area contributed by atoms with Crippen LogP contribution in [0.5, 0.6) is 0 Å². The Kier molecular flexibility index (Phi) is 7.29. The molecule has 1 saturated heterocycles. The molecule has 2 saturated carbocycles. The topological polar surface area (TPSA) is 148 Å². The lowest BCUT2D eigenvalue weighted by molar-refractivity contribution is -0.133. The number of carbonyl (C=O) groups excluding carboxylic acids is 2. The monoisotopic (exact) mass is 609 g/mol. The second-order valence-corrected chi connectivity index (χ2v) is 14.3. The van der Waals surface area contributed by atoms with Crippen LogP contribution < -0.4 is 16.0 Å². The van der Waals surface area contributed by atoms with Crippen LogP contribution in [-0.4, -0.2) is 51.4 Å². The first-order valence-electron chi connectivity index (χ1n) is 14.5. The summed E-state index contributed by atoms with van der Waals surface area (Å²) < 4.78 is 55.8. The Morgan fingerprint density at radius 1 is 0.953 bits per heavy atom. The van der Waals surface area contributed by atoms with Crippen LogP contribution >= 0.6 is 0 Å². The standard InChI is InChI=1S/C31H33F2N5O4S/c32-31(33)13-11-30(12-14-31,28(40)38-29(19-34)9-10-29)37-27(39)26-18-22-2-1-21(17-25(22)42-26)20-3-5-23(6-4-20)43(35,41)24-7-15-36-16-8-24/h1-6,17-18,24,35-36H,7-16H2,(H,37,39)(H,38,40). The van der Waals surface area contributed by atoms with E-state index in [-0.39, 0.29) is 23.9 Å². The highest BCUT2D eigenvalue weighted by Gasteiger charge is 2.53. The van der Waals surface area contributed by atoms with Gasteiger partial charge in [-0.15, -0.1) is 0 Å². The number of nitrogens with zero attached hydrogens (tertiary/aromatic N) is 1. The number of alkyl halides is 2. The van der Waals surface area contributed by atoms with Gasteiger partial charge >= 0.3 is 0 Å². The van der Waals surface area contributed by atoms with Gasteiger partial charge in [0.15, 0.2) is 5.76 Å². The number of nitrogens with one attached hydrogen (secondary N) is 4. The molecule has 3 fully saturated rings. The molecule has 3 aromatic rings. The van der Waals surface area contributed by atoms with Crippen LogP contribution in [0, 0.1) is 16.1 Å². The quantitative estimate of drug-likeness (QED) is 0.293. The molecule has 2 aliphatic carbocycles. The van der Waals surface area contributed by atoms with Crippen LogP contribution in [0.3, 0.4) is 0 Å². The molecule has 2 aromatic carbocycles. The molecule has 9 nitrogen and oxygen atoms in total. The van der Waals surface area contributed by atoms with Crippen LogP contribution in [0.2, 0.25) is 0 Å². The molecule has 1 atom stereocenters. The molecule has 0 radical (unpaired) electrons. The second-order valence-electron chi connectivity index (χ2n) is 12.0. The third-order valence-corrected chi connectivity index (χ3v) is 11.4. The Bertz CT molecular complexity index is 1710. The Labute approximate surface area is 248 Å². The second kappa shape index (κ2) is 10.7. The largest absolute Gasteiger partial charge is 0.451 e. The highest BCUT2D eigenvalue weighted by Crippen LogP contribution is 2.41. The molecule has 6 rings (SSSR count). The number of amides is 2. The van der Waals surface area contributed by atoms with Crippen LogP contribution in [0.4, 0.5) is 8.78 Å². The Balaban J connectivity index is 1.21. The average Bonchev–Trinajstić information content (AvgIpc) is 3.65. The Hall–Kier alpha value is -3.82. The molecule has 3 aliphatic rings. The molecule has 1 unspecified atom stereocenters. The molecule has 226 valence electrons. The number of furan rings is 1. The molecule has 1 aliphatic heterocycles. The minimum atomic E-state index is -2.93. The van der Waals surface area contributed by atoms with Gasteiger partial charge in [-0.05, 0) is 87.0 Å². The van der Waals surface area contributed by atoms with Gasteiger partial charge in [0, 0.05) is 28.4 Å². The molecule has 0 spiro atoms. The van der Waals surface area contributed by atoms with Crippen LogP contribution in [-0.2, 0) is 14.5 Å².